The molecule has 0 atom stereocenters. The number of amides is 2. The van der Waals surface area contributed by atoms with Gasteiger partial charge in [-0.1, -0.05) is 146 Å². The number of aliphatic hydroxyl groups is 2. The van der Waals surface area contributed by atoms with Gasteiger partial charge in [0.2, 0.25) is 0 Å². The molecule has 0 unspecified atom stereocenters. The number of hydrogen-bond donors (Lipinski definition) is 4. The second-order valence-corrected chi connectivity index (χ2v) is 9.95. The molecule has 8 heteroatoms. The summed E-state index contributed by atoms with van der Waals surface area (Å²) in [5, 5.41) is 31.1. The maximum Gasteiger partial charge on any atom is 0.281 e. The molecule has 44 heavy (non-hydrogen) atoms. The lowest BCUT2D eigenvalue weighted by Gasteiger charge is -2.27. The lowest BCUT2D eigenvalue weighted by molar-refractivity contribution is -0.137. The lowest BCUT2D eigenvalue weighted by atomic mass is 9.85. The molecule has 0 aliphatic carbocycles. The van der Waals surface area contributed by atoms with Crippen LogP contribution in [0.1, 0.15) is 33.4 Å². The first-order chi connectivity index (χ1) is 21.4. The first-order valence-corrected chi connectivity index (χ1v) is 13.9. The summed E-state index contributed by atoms with van der Waals surface area (Å²) in [5.74, 6) is -1.40. The van der Waals surface area contributed by atoms with E-state index >= 15 is 0 Å². The SMILES string of the molecule is O=C(N/N=C/c1ccc(/C=N/NC(=O)C(O)(c2ccccc2)c2ccccc2)cc1)C(O)(c1ccccc1)c1ccccc1. The van der Waals surface area contributed by atoms with Crippen molar-refractivity contribution in [2.45, 2.75) is 11.2 Å². The van der Waals surface area contributed by atoms with Gasteiger partial charge in [0.25, 0.3) is 11.8 Å². The van der Waals surface area contributed by atoms with Crippen LogP contribution >= 0.6 is 0 Å². The van der Waals surface area contributed by atoms with Crippen molar-refractivity contribution in [2.75, 3.05) is 0 Å². The first-order valence-electron chi connectivity index (χ1n) is 13.9. The number of rotatable bonds is 10. The second kappa shape index (κ2) is 13.5. The third-order valence-corrected chi connectivity index (χ3v) is 7.12. The summed E-state index contributed by atoms with van der Waals surface area (Å²) in [4.78, 5) is 26.4. The Morgan fingerprint density at radius 2 is 0.705 bits per heavy atom. The topological polar surface area (TPSA) is 123 Å². The first kappa shape index (κ1) is 29.8. The number of nitrogens with one attached hydrogen (secondary N) is 2. The molecular weight excluding hydrogens is 552 g/mol. The standard InChI is InChI=1S/C36H30N4O4/c41-33(35(43,29-13-5-1-6-14-29)30-15-7-2-8-16-30)39-37-25-27-21-23-28(24-22-27)26-38-40-34(42)36(44,31-17-9-3-10-18-31)32-19-11-4-12-20-32/h1-26,43-44H,(H,39,41)(H,40,42)/b37-25+,38-26+. The zero-order chi connectivity index (χ0) is 30.8. The molecule has 0 saturated carbocycles. The largest absolute Gasteiger partial charge is 0.372 e. The van der Waals surface area contributed by atoms with Gasteiger partial charge in [-0.25, -0.2) is 10.9 Å². The highest BCUT2D eigenvalue weighted by atomic mass is 16.3. The van der Waals surface area contributed by atoms with Crippen molar-refractivity contribution < 1.29 is 19.8 Å². The molecule has 0 aliphatic rings. The molecule has 0 aromatic heterocycles. The molecule has 0 spiro atoms. The highest BCUT2D eigenvalue weighted by molar-refractivity contribution is 5.92. The smallest absolute Gasteiger partial charge is 0.281 e. The monoisotopic (exact) mass is 582 g/mol. The molecule has 4 N–H and O–H groups in total. The molecule has 0 bridgehead atoms. The number of carbonyl (C=O) groups is 2. The van der Waals surface area contributed by atoms with Crippen LogP contribution in [0.3, 0.4) is 0 Å². The van der Waals surface area contributed by atoms with Crippen molar-refractivity contribution in [2.24, 2.45) is 10.2 Å². The van der Waals surface area contributed by atoms with E-state index in [9.17, 15) is 19.8 Å². The Morgan fingerprint density at radius 3 is 0.955 bits per heavy atom. The van der Waals surface area contributed by atoms with Gasteiger partial charge in [-0.3, -0.25) is 9.59 Å². The van der Waals surface area contributed by atoms with Gasteiger partial charge in [0.05, 0.1) is 12.4 Å². The van der Waals surface area contributed by atoms with Crippen molar-refractivity contribution in [1.29, 1.82) is 0 Å². The number of hydrogen-bond acceptors (Lipinski definition) is 6. The van der Waals surface area contributed by atoms with Crippen molar-refractivity contribution in [1.82, 2.24) is 10.9 Å². The third kappa shape index (κ3) is 6.37. The van der Waals surface area contributed by atoms with E-state index in [-0.39, 0.29) is 0 Å². The van der Waals surface area contributed by atoms with Gasteiger partial charge in [0.15, 0.2) is 11.2 Å². The Bertz CT molecular complexity index is 1530. The van der Waals surface area contributed by atoms with Gasteiger partial charge < -0.3 is 10.2 Å². The van der Waals surface area contributed by atoms with Crippen LogP contribution in [0.25, 0.3) is 0 Å². The predicted molar refractivity (Wildman–Crippen MR) is 170 cm³/mol. The quantitative estimate of drug-likeness (QED) is 0.143. The van der Waals surface area contributed by atoms with Gasteiger partial charge in [-0.2, -0.15) is 10.2 Å². The number of carbonyl (C=O) groups excluding carboxylic acids is 2. The Hall–Kier alpha value is -5.70. The number of nitrogens with zero attached hydrogens (tertiary/aromatic N) is 2. The minimum atomic E-state index is -1.93. The van der Waals surface area contributed by atoms with Gasteiger partial charge in [-0.05, 0) is 33.4 Å². The van der Waals surface area contributed by atoms with E-state index in [1.54, 1.807) is 121 Å². The normalized spacial score (nSPS) is 11.9. The maximum absolute atomic E-state index is 13.2. The zero-order valence-electron chi connectivity index (χ0n) is 23.6. The number of benzene rings is 5. The Kier molecular flexibility index (Phi) is 9.15. The van der Waals surface area contributed by atoms with E-state index < -0.39 is 23.0 Å². The zero-order valence-corrected chi connectivity index (χ0v) is 23.6. The van der Waals surface area contributed by atoms with Crippen molar-refractivity contribution >= 4 is 24.2 Å². The highest BCUT2D eigenvalue weighted by Crippen LogP contribution is 2.31. The van der Waals surface area contributed by atoms with E-state index in [4.69, 9.17) is 0 Å². The molecule has 0 fully saturated rings. The summed E-state index contributed by atoms with van der Waals surface area (Å²) in [5.41, 5.74) is 4.07. The molecule has 0 saturated heterocycles. The fourth-order valence-corrected chi connectivity index (χ4v) is 4.74. The highest BCUT2D eigenvalue weighted by Gasteiger charge is 2.40. The van der Waals surface area contributed by atoms with E-state index in [0.717, 1.165) is 0 Å². The molecule has 5 aromatic carbocycles. The molecule has 0 aliphatic heterocycles. The van der Waals surface area contributed by atoms with Gasteiger partial charge >= 0.3 is 0 Å². The summed E-state index contributed by atoms with van der Waals surface area (Å²) in [6.07, 6.45) is 2.91. The van der Waals surface area contributed by atoms with Crippen molar-refractivity contribution in [3.05, 3.63) is 179 Å². The minimum absolute atomic E-state index is 0.417. The summed E-state index contributed by atoms with van der Waals surface area (Å²) in [7, 11) is 0. The molecule has 218 valence electrons. The third-order valence-electron chi connectivity index (χ3n) is 7.12. The van der Waals surface area contributed by atoms with Crippen molar-refractivity contribution in [3.8, 4) is 0 Å². The van der Waals surface area contributed by atoms with Crippen LogP contribution in [-0.2, 0) is 20.8 Å². The number of hydrazone groups is 2. The van der Waals surface area contributed by atoms with Crippen LogP contribution in [0, 0.1) is 0 Å². The molecule has 5 rings (SSSR count). The van der Waals surface area contributed by atoms with Gasteiger partial charge in [0, 0.05) is 0 Å². The average molecular weight is 583 g/mol. The van der Waals surface area contributed by atoms with E-state index in [1.807, 2.05) is 24.3 Å². The molecule has 0 heterocycles. The summed E-state index contributed by atoms with van der Waals surface area (Å²) in [6.45, 7) is 0. The molecule has 8 nitrogen and oxygen atoms in total. The van der Waals surface area contributed by atoms with Gasteiger partial charge in [-0.15, -0.1) is 0 Å². The van der Waals surface area contributed by atoms with E-state index in [2.05, 4.69) is 21.1 Å². The van der Waals surface area contributed by atoms with Crippen molar-refractivity contribution in [3.63, 3.8) is 0 Å². The predicted octanol–water partition coefficient (Wildman–Crippen LogP) is 4.46. The fourth-order valence-electron chi connectivity index (χ4n) is 4.74. The van der Waals surface area contributed by atoms with Crippen LogP contribution < -0.4 is 10.9 Å². The van der Waals surface area contributed by atoms with Gasteiger partial charge in [0.1, 0.15) is 0 Å². The maximum atomic E-state index is 13.2. The second-order valence-electron chi connectivity index (χ2n) is 9.95. The average Bonchev–Trinajstić information content (AvgIpc) is 3.09. The van der Waals surface area contributed by atoms with Crippen LogP contribution in [0.5, 0.6) is 0 Å². The lowest BCUT2D eigenvalue weighted by Crippen LogP contribution is -2.43. The van der Waals surface area contributed by atoms with Crippen LogP contribution in [0.4, 0.5) is 0 Å². The molecule has 2 amide bonds. The van der Waals surface area contributed by atoms with E-state index in [1.165, 1.54) is 12.4 Å². The summed E-state index contributed by atoms with van der Waals surface area (Å²) in [6, 6.07) is 41.7. The van der Waals surface area contributed by atoms with Crippen LogP contribution in [0.2, 0.25) is 0 Å². The Labute approximate surface area is 255 Å². The minimum Gasteiger partial charge on any atom is -0.372 e. The Morgan fingerprint density at radius 1 is 0.455 bits per heavy atom. The molecule has 5 aromatic rings. The van der Waals surface area contributed by atoms with E-state index in [0.29, 0.717) is 33.4 Å². The molecule has 0 radical (unpaired) electrons. The fraction of sp³-hybridized carbons (Fsp3) is 0.0556. The van der Waals surface area contributed by atoms with Crippen LogP contribution in [0.15, 0.2) is 156 Å². The van der Waals surface area contributed by atoms with Crippen LogP contribution in [-0.4, -0.2) is 34.5 Å². The Balaban J connectivity index is 1.24. The summed E-state index contributed by atoms with van der Waals surface area (Å²) < 4.78 is 0. The summed E-state index contributed by atoms with van der Waals surface area (Å²) >= 11 is 0. The molecular formula is C36H30N4O4.